The van der Waals surface area contributed by atoms with E-state index in [1.54, 1.807) is 30.5 Å². The van der Waals surface area contributed by atoms with E-state index in [2.05, 4.69) is 20.9 Å². The maximum Gasteiger partial charge on any atom is 0.326 e. The van der Waals surface area contributed by atoms with Gasteiger partial charge in [0, 0.05) is 29.9 Å². The zero-order chi connectivity index (χ0) is 30.6. The van der Waals surface area contributed by atoms with E-state index in [1.165, 1.54) is 11.8 Å². The molecule has 12 nitrogen and oxygen atoms in total. The summed E-state index contributed by atoms with van der Waals surface area (Å²) in [5, 5.41) is 27.0. The van der Waals surface area contributed by atoms with Crippen molar-refractivity contribution >= 4 is 52.3 Å². The van der Waals surface area contributed by atoms with Gasteiger partial charge in [-0.15, -0.1) is 0 Å². The first-order chi connectivity index (χ1) is 20.1. The number of hydrogen-bond acceptors (Lipinski definition) is 7. The van der Waals surface area contributed by atoms with Crippen LogP contribution in [0.2, 0.25) is 0 Å². The Morgan fingerprint density at radius 3 is 2.07 bits per heavy atom. The summed E-state index contributed by atoms with van der Waals surface area (Å²) < 4.78 is 0. The molecule has 3 amide bonds. The number of fused-ring (bicyclic) bond motifs is 1. The number of benzene rings is 2. The molecular weight excluding hydrogens is 562 g/mol. The minimum Gasteiger partial charge on any atom is -0.481 e. The molecule has 0 spiro atoms. The molecule has 0 saturated carbocycles. The number of thioether (sulfide) groups is 1. The normalized spacial score (nSPS) is 13.9. The van der Waals surface area contributed by atoms with E-state index in [1.807, 2.05) is 36.6 Å². The smallest absolute Gasteiger partial charge is 0.326 e. The molecule has 4 unspecified atom stereocenters. The lowest BCUT2D eigenvalue weighted by atomic mass is 10.0. The average molecular weight is 598 g/mol. The van der Waals surface area contributed by atoms with E-state index in [0.717, 1.165) is 16.5 Å². The molecule has 0 radical (unpaired) electrons. The monoisotopic (exact) mass is 597 g/mol. The zero-order valence-electron chi connectivity index (χ0n) is 23.0. The van der Waals surface area contributed by atoms with Gasteiger partial charge in [0.1, 0.15) is 18.1 Å². The second-order valence-corrected chi connectivity index (χ2v) is 10.7. The largest absolute Gasteiger partial charge is 0.481 e. The molecule has 2 aromatic carbocycles. The lowest BCUT2D eigenvalue weighted by Gasteiger charge is -2.25. The van der Waals surface area contributed by atoms with Gasteiger partial charge in [-0.25, -0.2) is 4.79 Å². The Hall–Kier alpha value is -4.36. The predicted molar refractivity (Wildman–Crippen MR) is 159 cm³/mol. The summed E-state index contributed by atoms with van der Waals surface area (Å²) in [6.07, 6.45) is 3.18. The molecule has 0 aliphatic carbocycles. The zero-order valence-corrected chi connectivity index (χ0v) is 23.9. The number of carboxylic acids is 2. The summed E-state index contributed by atoms with van der Waals surface area (Å²) in [6.45, 7) is 0. The highest BCUT2D eigenvalue weighted by Gasteiger charge is 2.32. The fourth-order valence-electron chi connectivity index (χ4n) is 4.36. The van der Waals surface area contributed by atoms with E-state index in [0.29, 0.717) is 17.7 Å². The molecule has 0 aliphatic heterocycles. The number of carbonyl (C=O) groups is 5. The van der Waals surface area contributed by atoms with E-state index in [9.17, 15) is 29.1 Å². The van der Waals surface area contributed by atoms with Gasteiger partial charge in [0.15, 0.2) is 0 Å². The van der Waals surface area contributed by atoms with Crippen LogP contribution in [0.15, 0.2) is 60.8 Å². The Balaban J connectivity index is 1.89. The number of nitrogens with two attached hydrogens (primary N) is 1. The maximum atomic E-state index is 13.7. The quantitative estimate of drug-likeness (QED) is 0.126. The summed E-state index contributed by atoms with van der Waals surface area (Å²) in [4.78, 5) is 65.8. The van der Waals surface area contributed by atoms with Gasteiger partial charge in [-0.1, -0.05) is 48.5 Å². The van der Waals surface area contributed by atoms with Crippen LogP contribution in [-0.2, 0) is 36.8 Å². The molecule has 42 heavy (non-hydrogen) atoms. The molecule has 0 bridgehead atoms. The van der Waals surface area contributed by atoms with Crippen LogP contribution < -0.4 is 21.7 Å². The Morgan fingerprint density at radius 1 is 0.833 bits per heavy atom. The second-order valence-electron chi connectivity index (χ2n) is 9.76. The number of nitrogens with one attached hydrogen (secondary N) is 4. The van der Waals surface area contributed by atoms with Gasteiger partial charge >= 0.3 is 11.9 Å². The summed E-state index contributed by atoms with van der Waals surface area (Å²) in [5.74, 6) is -4.39. The Morgan fingerprint density at radius 2 is 1.43 bits per heavy atom. The standard InChI is InChI=1S/C29H35N5O7S/c1-42-12-11-20(30)26(37)32-22(13-17-7-3-2-4-8-17)27(38)33-23(28(39)34-24(29(40)41)15-25(35)36)14-18-16-31-21-10-6-5-9-19(18)21/h2-10,16,20,22-24,31H,11-15,30H2,1H3,(H,32,37)(H,33,38)(H,34,39)(H,35,36)(H,40,41). The van der Waals surface area contributed by atoms with E-state index in [-0.39, 0.29) is 12.8 Å². The van der Waals surface area contributed by atoms with Crippen molar-refractivity contribution in [3.8, 4) is 0 Å². The summed E-state index contributed by atoms with van der Waals surface area (Å²) in [7, 11) is 0. The molecule has 4 atom stereocenters. The van der Waals surface area contributed by atoms with E-state index >= 15 is 0 Å². The second kappa shape index (κ2) is 15.6. The number of rotatable bonds is 16. The number of hydrogen-bond donors (Lipinski definition) is 7. The van der Waals surface area contributed by atoms with Crippen molar-refractivity contribution in [2.24, 2.45) is 5.73 Å². The highest BCUT2D eigenvalue weighted by atomic mass is 32.2. The molecule has 0 saturated heterocycles. The number of aromatic amines is 1. The summed E-state index contributed by atoms with van der Waals surface area (Å²) >= 11 is 1.53. The van der Waals surface area contributed by atoms with Crippen LogP contribution >= 0.6 is 11.8 Å². The van der Waals surface area contributed by atoms with Crippen LogP contribution in [0.3, 0.4) is 0 Å². The van der Waals surface area contributed by atoms with Crippen molar-refractivity contribution in [3.63, 3.8) is 0 Å². The van der Waals surface area contributed by atoms with Gasteiger partial charge in [-0.05, 0) is 35.6 Å². The third-order valence-electron chi connectivity index (χ3n) is 6.61. The highest BCUT2D eigenvalue weighted by Crippen LogP contribution is 2.19. The van der Waals surface area contributed by atoms with Crippen molar-refractivity contribution < 1.29 is 34.2 Å². The van der Waals surface area contributed by atoms with Gasteiger partial charge < -0.3 is 36.9 Å². The molecule has 0 fully saturated rings. The van der Waals surface area contributed by atoms with Gasteiger partial charge in [0.25, 0.3) is 0 Å². The number of para-hydroxylation sites is 1. The van der Waals surface area contributed by atoms with Crippen LogP contribution in [-0.4, -0.2) is 81.0 Å². The molecule has 3 rings (SSSR count). The Labute approximate surface area is 246 Å². The fraction of sp³-hybridized carbons (Fsp3) is 0.345. The molecule has 224 valence electrons. The number of carbonyl (C=O) groups excluding carboxylic acids is 3. The van der Waals surface area contributed by atoms with Crippen molar-refractivity contribution in [1.29, 1.82) is 0 Å². The minimum absolute atomic E-state index is 0.0414. The third-order valence-corrected chi connectivity index (χ3v) is 7.25. The average Bonchev–Trinajstić information content (AvgIpc) is 3.37. The molecule has 0 aliphatic rings. The maximum absolute atomic E-state index is 13.7. The number of carboxylic acid groups (broad SMARTS) is 2. The number of aromatic nitrogens is 1. The van der Waals surface area contributed by atoms with Crippen molar-refractivity contribution in [2.75, 3.05) is 12.0 Å². The molecular formula is C29H35N5O7S. The third kappa shape index (κ3) is 9.35. The topological polar surface area (TPSA) is 204 Å². The predicted octanol–water partition coefficient (Wildman–Crippen LogP) is 1.05. The van der Waals surface area contributed by atoms with Gasteiger partial charge in [0.05, 0.1) is 12.5 Å². The van der Waals surface area contributed by atoms with Crippen LogP contribution in [0.1, 0.15) is 24.0 Å². The Bertz CT molecular complexity index is 1400. The minimum atomic E-state index is -1.72. The van der Waals surface area contributed by atoms with Crippen LogP contribution in [0.4, 0.5) is 0 Å². The Kier molecular flexibility index (Phi) is 11.9. The first-order valence-electron chi connectivity index (χ1n) is 13.3. The first-order valence-corrected chi connectivity index (χ1v) is 14.7. The van der Waals surface area contributed by atoms with Gasteiger partial charge in [-0.3, -0.25) is 19.2 Å². The fourth-order valence-corrected chi connectivity index (χ4v) is 4.85. The van der Waals surface area contributed by atoms with Crippen LogP contribution in [0, 0.1) is 0 Å². The number of amides is 3. The SMILES string of the molecule is CSCCC(N)C(=O)NC(Cc1ccccc1)C(=O)NC(Cc1c[nH]c2ccccc12)C(=O)NC(CC(=O)O)C(=O)O. The van der Waals surface area contributed by atoms with Crippen molar-refractivity contribution in [1.82, 2.24) is 20.9 Å². The van der Waals surface area contributed by atoms with Crippen LogP contribution in [0.5, 0.6) is 0 Å². The number of aliphatic carboxylic acids is 2. The lowest BCUT2D eigenvalue weighted by molar-refractivity contribution is -0.147. The molecule has 1 heterocycles. The van der Waals surface area contributed by atoms with E-state index < -0.39 is 60.2 Å². The molecule has 1 aromatic heterocycles. The van der Waals surface area contributed by atoms with Gasteiger partial charge in [0.2, 0.25) is 17.7 Å². The number of H-pyrrole nitrogens is 1. The van der Waals surface area contributed by atoms with Crippen LogP contribution in [0.25, 0.3) is 10.9 Å². The lowest BCUT2D eigenvalue weighted by Crippen LogP contribution is -2.58. The molecule has 8 N–H and O–H groups in total. The first kappa shape index (κ1) is 32.2. The summed E-state index contributed by atoms with van der Waals surface area (Å²) in [6, 6.07) is 11.3. The van der Waals surface area contributed by atoms with Gasteiger partial charge in [-0.2, -0.15) is 11.8 Å². The summed E-state index contributed by atoms with van der Waals surface area (Å²) in [5.41, 5.74) is 8.24. The molecule has 3 aromatic rings. The molecule has 13 heteroatoms. The van der Waals surface area contributed by atoms with Crippen molar-refractivity contribution in [3.05, 3.63) is 71.9 Å². The van der Waals surface area contributed by atoms with Crippen molar-refractivity contribution in [2.45, 2.75) is 49.9 Å². The highest BCUT2D eigenvalue weighted by molar-refractivity contribution is 7.98. The van der Waals surface area contributed by atoms with E-state index in [4.69, 9.17) is 10.8 Å².